The Kier molecular flexibility index (Phi) is 5.04. The fourth-order valence-corrected chi connectivity index (χ4v) is 3.09. The summed E-state index contributed by atoms with van der Waals surface area (Å²) in [5.41, 5.74) is 1.12. The summed E-state index contributed by atoms with van der Waals surface area (Å²) in [6, 6.07) is 9.58. The first-order valence-corrected chi connectivity index (χ1v) is 7.88. The molecule has 1 aliphatic heterocycles. The number of amides is 1. The summed E-state index contributed by atoms with van der Waals surface area (Å²) in [5, 5.41) is 10.3. The van der Waals surface area contributed by atoms with E-state index in [1.165, 1.54) is 0 Å². The lowest BCUT2D eigenvalue weighted by Gasteiger charge is -2.30. The van der Waals surface area contributed by atoms with Gasteiger partial charge in [0.05, 0.1) is 12.6 Å². The molecule has 0 spiro atoms. The molecule has 116 valence electrons. The van der Waals surface area contributed by atoms with Gasteiger partial charge in [0, 0.05) is 13.0 Å². The lowest BCUT2D eigenvalue weighted by atomic mass is 9.77. The third kappa shape index (κ3) is 4.31. The third-order valence-corrected chi connectivity index (χ3v) is 4.61. The van der Waals surface area contributed by atoms with E-state index >= 15 is 0 Å². The topological polar surface area (TPSA) is 40.5 Å². The Morgan fingerprint density at radius 2 is 1.90 bits per heavy atom. The predicted octanol–water partition coefficient (Wildman–Crippen LogP) is 3.39. The van der Waals surface area contributed by atoms with Gasteiger partial charge in [-0.25, -0.2) is 0 Å². The molecule has 0 aliphatic carbocycles. The van der Waals surface area contributed by atoms with Gasteiger partial charge in [-0.1, -0.05) is 51.1 Å². The summed E-state index contributed by atoms with van der Waals surface area (Å²) >= 11 is 0. The molecular weight excluding hydrogens is 262 g/mol. The van der Waals surface area contributed by atoms with Gasteiger partial charge in [-0.2, -0.15) is 0 Å². The number of nitrogens with zero attached hydrogens (tertiary/aromatic N) is 1. The fraction of sp³-hybridized carbons (Fsp3) is 0.611. The van der Waals surface area contributed by atoms with E-state index in [2.05, 4.69) is 20.8 Å². The van der Waals surface area contributed by atoms with Crippen LogP contribution in [0.25, 0.3) is 0 Å². The molecule has 2 atom stereocenters. The normalized spacial score (nSPS) is 22.0. The SMILES string of the molecule is CC(C)(C)[C@@H]1CCC(=O)N(C[C@@H](O)c2ccccc2)CC1. The van der Waals surface area contributed by atoms with Crippen molar-refractivity contribution in [2.75, 3.05) is 13.1 Å². The number of carbonyl (C=O) groups excluding carboxylic acids is 1. The quantitative estimate of drug-likeness (QED) is 0.926. The molecular formula is C18H27NO2. The average Bonchev–Trinajstić information content (AvgIpc) is 2.62. The van der Waals surface area contributed by atoms with Crippen molar-refractivity contribution in [1.82, 2.24) is 4.90 Å². The van der Waals surface area contributed by atoms with Crippen molar-refractivity contribution in [3.8, 4) is 0 Å². The monoisotopic (exact) mass is 289 g/mol. The zero-order chi connectivity index (χ0) is 15.5. The Labute approximate surface area is 128 Å². The van der Waals surface area contributed by atoms with E-state index in [9.17, 15) is 9.90 Å². The van der Waals surface area contributed by atoms with Crippen LogP contribution in [-0.4, -0.2) is 29.0 Å². The minimum Gasteiger partial charge on any atom is -0.387 e. The molecule has 1 aromatic rings. The number of rotatable bonds is 3. The molecule has 21 heavy (non-hydrogen) atoms. The maximum absolute atomic E-state index is 12.3. The molecule has 1 N–H and O–H groups in total. The van der Waals surface area contributed by atoms with E-state index in [-0.39, 0.29) is 11.3 Å². The van der Waals surface area contributed by atoms with Gasteiger partial charge in [-0.15, -0.1) is 0 Å². The van der Waals surface area contributed by atoms with Crippen molar-refractivity contribution in [1.29, 1.82) is 0 Å². The number of hydrogen-bond acceptors (Lipinski definition) is 2. The lowest BCUT2D eigenvalue weighted by molar-refractivity contribution is -0.132. The number of β-amino-alcohol motifs (C(OH)–C–C–N with tert-alkyl or cyclic N) is 1. The van der Waals surface area contributed by atoms with Crippen LogP contribution < -0.4 is 0 Å². The number of likely N-dealkylation sites (tertiary alicyclic amines) is 1. The summed E-state index contributed by atoms with van der Waals surface area (Å²) in [7, 11) is 0. The summed E-state index contributed by atoms with van der Waals surface area (Å²) in [4.78, 5) is 14.1. The van der Waals surface area contributed by atoms with Crippen LogP contribution in [0.15, 0.2) is 30.3 Å². The summed E-state index contributed by atoms with van der Waals surface area (Å²) in [5.74, 6) is 0.747. The molecule has 0 aromatic heterocycles. The van der Waals surface area contributed by atoms with Gasteiger partial charge in [-0.05, 0) is 29.7 Å². The average molecular weight is 289 g/mol. The molecule has 1 fully saturated rings. The number of carbonyl (C=O) groups is 1. The van der Waals surface area contributed by atoms with Gasteiger partial charge >= 0.3 is 0 Å². The van der Waals surface area contributed by atoms with Crippen molar-refractivity contribution in [3.63, 3.8) is 0 Å². The second kappa shape index (κ2) is 6.61. The Hall–Kier alpha value is -1.35. The third-order valence-electron chi connectivity index (χ3n) is 4.61. The summed E-state index contributed by atoms with van der Waals surface area (Å²) < 4.78 is 0. The molecule has 1 aromatic carbocycles. The van der Waals surface area contributed by atoms with Gasteiger partial charge < -0.3 is 10.0 Å². The first-order chi connectivity index (χ1) is 9.88. The molecule has 0 bridgehead atoms. The minimum absolute atomic E-state index is 0.178. The van der Waals surface area contributed by atoms with Gasteiger partial charge in [0.2, 0.25) is 5.91 Å². The van der Waals surface area contributed by atoms with E-state index < -0.39 is 6.10 Å². The van der Waals surface area contributed by atoms with Gasteiger partial charge in [0.15, 0.2) is 0 Å². The zero-order valence-corrected chi connectivity index (χ0v) is 13.4. The number of aliphatic hydroxyl groups is 1. The highest BCUT2D eigenvalue weighted by atomic mass is 16.3. The Morgan fingerprint density at radius 3 is 2.52 bits per heavy atom. The summed E-state index contributed by atoms with van der Waals surface area (Å²) in [6.45, 7) is 7.90. The van der Waals surface area contributed by atoms with Crippen molar-refractivity contribution in [2.45, 2.75) is 46.1 Å². The van der Waals surface area contributed by atoms with Crippen molar-refractivity contribution < 1.29 is 9.90 Å². The highest BCUT2D eigenvalue weighted by Gasteiger charge is 2.30. The lowest BCUT2D eigenvalue weighted by Crippen LogP contribution is -2.34. The van der Waals surface area contributed by atoms with E-state index in [0.29, 0.717) is 18.9 Å². The highest BCUT2D eigenvalue weighted by Crippen LogP contribution is 2.34. The first kappa shape index (κ1) is 16.0. The molecule has 1 heterocycles. The van der Waals surface area contributed by atoms with Crippen LogP contribution in [0.1, 0.15) is 51.7 Å². The second-order valence-electron chi connectivity index (χ2n) is 7.16. The van der Waals surface area contributed by atoms with Gasteiger partial charge in [0.1, 0.15) is 0 Å². The maximum atomic E-state index is 12.3. The first-order valence-electron chi connectivity index (χ1n) is 7.88. The smallest absolute Gasteiger partial charge is 0.222 e. The Bertz CT molecular complexity index is 464. The van der Waals surface area contributed by atoms with Crippen molar-refractivity contribution >= 4 is 5.91 Å². The van der Waals surface area contributed by atoms with Crippen molar-refractivity contribution in [3.05, 3.63) is 35.9 Å². The number of hydrogen-bond donors (Lipinski definition) is 1. The van der Waals surface area contributed by atoms with E-state index in [1.54, 1.807) is 0 Å². The van der Waals surface area contributed by atoms with Crippen molar-refractivity contribution in [2.24, 2.45) is 11.3 Å². The van der Waals surface area contributed by atoms with Crippen LogP contribution in [0, 0.1) is 11.3 Å². The Balaban J connectivity index is 1.99. The van der Waals surface area contributed by atoms with E-state index in [0.717, 1.165) is 24.9 Å². The summed E-state index contributed by atoms with van der Waals surface area (Å²) in [6.07, 6.45) is 1.99. The van der Waals surface area contributed by atoms with Crippen LogP contribution in [0.3, 0.4) is 0 Å². The largest absolute Gasteiger partial charge is 0.387 e. The minimum atomic E-state index is -0.596. The van der Waals surface area contributed by atoms with Crippen LogP contribution >= 0.6 is 0 Å². The standard InChI is InChI=1S/C18H27NO2/c1-18(2,3)15-9-10-17(21)19(12-11-15)13-16(20)14-7-5-4-6-8-14/h4-8,15-16,20H,9-13H2,1-3H3/t15-,16-/m1/s1. The highest BCUT2D eigenvalue weighted by molar-refractivity contribution is 5.76. The van der Waals surface area contributed by atoms with E-state index in [1.807, 2.05) is 35.2 Å². The fourth-order valence-electron chi connectivity index (χ4n) is 3.09. The molecule has 1 saturated heterocycles. The molecule has 2 rings (SSSR count). The number of aliphatic hydroxyl groups excluding tert-OH is 1. The predicted molar refractivity (Wildman–Crippen MR) is 84.8 cm³/mol. The maximum Gasteiger partial charge on any atom is 0.222 e. The molecule has 3 nitrogen and oxygen atoms in total. The Morgan fingerprint density at radius 1 is 1.24 bits per heavy atom. The zero-order valence-electron chi connectivity index (χ0n) is 13.4. The molecule has 0 saturated carbocycles. The van der Waals surface area contributed by atoms with Gasteiger partial charge in [-0.3, -0.25) is 4.79 Å². The molecule has 0 radical (unpaired) electrons. The number of benzene rings is 1. The van der Waals surface area contributed by atoms with Crippen LogP contribution in [0.2, 0.25) is 0 Å². The van der Waals surface area contributed by atoms with Crippen LogP contribution in [-0.2, 0) is 4.79 Å². The van der Waals surface area contributed by atoms with E-state index in [4.69, 9.17) is 0 Å². The molecule has 0 unspecified atom stereocenters. The molecule has 1 amide bonds. The second-order valence-corrected chi connectivity index (χ2v) is 7.16. The van der Waals surface area contributed by atoms with Crippen LogP contribution in [0.5, 0.6) is 0 Å². The molecule has 3 heteroatoms. The van der Waals surface area contributed by atoms with Gasteiger partial charge in [0.25, 0.3) is 0 Å². The molecule has 1 aliphatic rings. The van der Waals surface area contributed by atoms with Crippen LogP contribution in [0.4, 0.5) is 0 Å².